The van der Waals surface area contributed by atoms with Crippen molar-refractivity contribution in [3.8, 4) is 11.5 Å². The number of anilines is 2. The molecular weight excluding hydrogens is 470 g/mol. The summed E-state index contributed by atoms with van der Waals surface area (Å²) < 4.78 is 17.4. The Bertz CT molecular complexity index is 1200. The number of primary amides is 1. The molecule has 2 aromatic rings. The topological polar surface area (TPSA) is 94.3 Å². The Morgan fingerprint density at radius 2 is 1.78 bits per heavy atom. The largest absolute Gasteiger partial charge is 0.496 e. The van der Waals surface area contributed by atoms with Gasteiger partial charge in [0.15, 0.2) is 0 Å². The van der Waals surface area contributed by atoms with Gasteiger partial charge in [0.2, 0.25) is 5.91 Å². The summed E-state index contributed by atoms with van der Waals surface area (Å²) in [4.78, 5) is 29.7. The lowest BCUT2D eigenvalue weighted by Crippen LogP contribution is -2.51. The maximum absolute atomic E-state index is 14.3. The molecule has 1 saturated heterocycles. The number of aryl methyl sites for hydroxylation is 2. The van der Waals surface area contributed by atoms with Gasteiger partial charge in [0.25, 0.3) is 0 Å². The summed E-state index contributed by atoms with van der Waals surface area (Å²) in [6.07, 6.45) is 2.93. The summed E-state index contributed by atoms with van der Waals surface area (Å²) in [5.74, 6) is 1.06. The van der Waals surface area contributed by atoms with E-state index in [4.69, 9.17) is 19.9 Å². The summed E-state index contributed by atoms with van der Waals surface area (Å²) in [5, 5.41) is 0. The number of hydrogen-bond donors (Lipinski definition) is 1. The highest BCUT2D eigenvalue weighted by molar-refractivity contribution is 6.04. The zero-order chi connectivity index (χ0) is 26.3. The van der Waals surface area contributed by atoms with Gasteiger partial charge in [0.1, 0.15) is 11.5 Å². The first-order valence-electron chi connectivity index (χ1n) is 13.1. The van der Waals surface area contributed by atoms with Gasteiger partial charge in [-0.15, -0.1) is 0 Å². The van der Waals surface area contributed by atoms with Crippen LogP contribution in [-0.4, -0.2) is 49.8 Å². The number of ether oxygens (including phenoxy) is 3. The van der Waals surface area contributed by atoms with Crippen molar-refractivity contribution in [3.63, 3.8) is 0 Å². The fraction of sp³-hybridized carbons (Fsp3) is 0.517. The molecule has 2 fully saturated rings. The molecule has 0 spiro atoms. The number of hydrogen-bond acceptors (Lipinski definition) is 5. The summed E-state index contributed by atoms with van der Waals surface area (Å²) >= 11 is 0. The van der Waals surface area contributed by atoms with Gasteiger partial charge < -0.3 is 24.8 Å². The van der Waals surface area contributed by atoms with E-state index in [9.17, 15) is 9.59 Å². The van der Waals surface area contributed by atoms with Crippen LogP contribution in [0, 0.1) is 25.2 Å². The first-order chi connectivity index (χ1) is 17.7. The zero-order valence-corrected chi connectivity index (χ0v) is 22.2. The molecule has 0 atom stereocenters. The Morgan fingerprint density at radius 1 is 1.08 bits per heavy atom. The minimum absolute atomic E-state index is 0.0283. The maximum atomic E-state index is 14.3. The van der Waals surface area contributed by atoms with E-state index in [1.54, 1.807) is 12.0 Å². The minimum Gasteiger partial charge on any atom is -0.496 e. The molecule has 1 aliphatic carbocycles. The van der Waals surface area contributed by atoms with Crippen LogP contribution in [0.4, 0.5) is 16.2 Å². The molecule has 2 aliphatic heterocycles. The second-order valence-corrected chi connectivity index (χ2v) is 11.1. The van der Waals surface area contributed by atoms with Crippen LogP contribution in [0.15, 0.2) is 30.3 Å². The summed E-state index contributed by atoms with van der Waals surface area (Å²) in [6.45, 7) is 8.57. The molecule has 8 nitrogen and oxygen atoms in total. The number of nitrogens with zero attached hydrogens (tertiary/aromatic N) is 2. The average Bonchev–Trinajstić information content (AvgIpc) is 2.87. The Kier molecular flexibility index (Phi) is 6.79. The third-order valence-corrected chi connectivity index (χ3v) is 8.14. The second-order valence-electron chi connectivity index (χ2n) is 11.1. The first-order valence-corrected chi connectivity index (χ1v) is 13.1. The predicted octanol–water partition coefficient (Wildman–Crippen LogP) is 4.85. The van der Waals surface area contributed by atoms with Crippen molar-refractivity contribution in [2.45, 2.75) is 59.0 Å². The van der Waals surface area contributed by atoms with Crippen LogP contribution in [0.3, 0.4) is 0 Å². The molecule has 0 radical (unpaired) electrons. The molecule has 2 N–H and O–H groups in total. The van der Waals surface area contributed by atoms with Crippen molar-refractivity contribution in [1.29, 1.82) is 0 Å². The monoisotopic (exact) mass is 507 g/mol. The summed E-state index contributed by atoms with van der Waals surface area (Å²) in [6, 6.07) is 9.84. The number of carbonyl (C=O) groups excluding carboxylic acids is 2. The standard InChI is InChI=1S/C29H37N3O5/c1-18-6-12-24(37-17-29(3)15-36-16-29)26-23(18)14-31(21-10-7-20(8-11-21)27(30)33)28(34)32(26)22-9-5-19(2)25(13-22)35-4/h5-6,9,12-13,20-21H,7-8,10-11,14-17H2,1-4H3,(H2,30,33). The molecule has 8 heteroatoms. The predicted molar refractivity (Wildman–Crippen MR) is 141 cm³/mol. The number of rotatable bonds is 7. The lowest BCUT2D eigenvalue weighted by atomic mass is 9.84. The molecule has 37 heavy (non-hydrogen) atoms. The van der Waals surface area contributed by atoms with Crippen molar-refractivity contribution in [2.24, 2.45) is 17.1 Å². The number of carbonyl (C=O) groups is 2. The van der Waals surface area contributed by atoms with Crippen LogP contribution >= 0.6 is 0 Å². The van der Waals surface area contributed by atoms with Crippen molar-refractivity contribution in [2.75, 3.05) is 31.8 Å². The Balaban J connectivity index is 1.55. The van der Waals surface area contributed by atoms with Gasteiger partial charge in [0.05, 0.1) is 44.8 Å². The SMILES string of the molecule is COc1cc(N2C(=O)N(C3CCC(C(N)=O)CC3)Cc3c(C)ccc(OCC4(C)COC4)c32)ccc1C. The highest BCUT2D eigenvalue weighted by Gasteiger charge is 2.41. The molecule has 0 bridgehead atoms. The number of methoxy groups -OCH3 is 1. The van der Waals surface area contributed by atoms with Crippen molar-refractivity contribution >= 4 is 23.3 Å². The normalized spacial score (nSPS) is 22.8. The molecule has 1 saturated carbocycles. The quantitative estimate of drug-likeness (QED) is 0.578. The van der Waals surface area contributed by atoms with E-state index in [2.05, 4.69) is 19.9 Å². The third-order valence-electron chi connectivity index (χ3n) is 8.14. The van der Waals surface area contributed by atoms with E-state index in [-0.39, 0.29) is 29.3 Å². The number of urea groups is 1. The summed E-state index contributed by atoms with van der Waals surface area (Å²) in [7, 11) is 1.64. The van der Waals surface area contributed by atoms with E-state index in [1.165, 1.54) is 0 Å². The molecule has 198 valence electrons. The van der Waals surface area contributed by atoms with E-state index < -0.39 is 0 Å². The molecular formula is C29H37N3O5. The van der Waals surface area contributed by atoms with E-state index >= 15 is 0 Å². The summed E-state index contributed by atoms with van der Waals surface area (Å²) in [5.41, 5.74) is 10.2. The van der Waals surface area contributed by atoms with Crippen LogP contribution in [0.25, 0.3) is 0 Å². The Hall–Kier alpha value is -3.26. The highest BCUT2D eigenvalue weighted by atomic mass is 16.5. The molecule has 2 aromatic carbocycles. The molecule has 5 rings (SSSR count). The molecule has 2 heterocycles. The molecule has 3 aliphatic rings. The number of amides is 3. The third kappa shape index (κ3) is 4.75. The second kappa shape index (κ2) is 9.89. The van der Waals surface area contributed by atoms with E-state index in [0.29, 0.717) is 45.0 Å². The van der Waals surface area contributed by atoms with Gasteiger partial charge in [0, 0.05) is 29.0 Å². The van der Waals surface area contributed by atoms with Gasteiger partial charge in [-0.3, -0.25) is 9.69 Å². The Labute approximate surface area is 218 Å². The van der Waals surface area contributed by atoms with Crippen LogP contribution in [0.5, 0.6) is 11.5 Å². The molecule has 0 unspecified atom stereocenters. The fourth-order valence-corrected chi connectivity index (χ4v) is 5.67. The van der Waals surface area contributed by atoms with Gasteiger partial charge in [-0.2, -0.15) is 0 Å². The number of benzene rings is 2. The fourth-order valence-electron chi connectivity index (χ4n) is 5.67. The van der Waals surface area contributed by atoms with Gasteiger partial charge in [-0.05, 0) is 62.8 Å². The lowest BCUT2D eigenvalue weighted by Gasteiger charge is -2.44. The van der Waals surface area contributed by atoms with Crippen LogP contribution in [0.1, 0.15) is 49.3 Å². The lowest BCUT2D eigenvalue weighted by molar-refractivity contribution is -0.123. The van der Waals surface area contributed by atoms with Crippen molar-refractivity contribution in [3.05, 3.63) is 47.0 Å². The number of nitrogens with two attached hydrogens (primary N) is 1. The highest BCUT2D eigenvalue weighted by Crippen LogP contribution is 2.46. The Morgan fingerprint density at radius 3 is 2.41 bits per heavy atom. The average molecular weight is 508 g/mol. The van der Waals surface area contributed by atoms with E-state index in [1.807, 2.05) is 36.1 Å². The zero-order valence-electron chi connectivity index (χ0n) is 22.2. The number of fused-ring (bicyclic) bond motifs is 1. The minimum atomic E-state index is -0.245. The van der Waals surface area contributed by atoms with Gasteiger partial charge in [-0.25, -0.2) is 4.79 Å². The smallest absolute Gasteiger partial charge is 0.329 e. The first kappa shape index (κ1) is 25.4. The molecule has 3 amide bonds. The van der Waals surface area contributed by atoms with Crippen LogP contribution in [0.2, 0.25) is 0 Å². The van der Waals surface area contributed by atoms with Crippen LogP contribution in [-0.2, 0) is 16.1 Å². The van der Waals surface area contributed by atoms with Crippen molar-refractivity contribution < 1.29 is 23.8 Å². The van der Waals surface area contributed by atoms with Crippen molar-refractivity contribution in [1.82, 2.24) is 4.90 Å². The van der Waals surface area contributed by atoms with Gasteiger partial charge >= 0.3 is 6.03 Å². The van der Waals surface area contributed by atoms with Gasteiger partial charge in [-0.1, -0.05) is 19.1 Å². The van der Waals surface area contributed by atoms with E-state index in [0.717, 1.165) is 46.7 Å². The maximum Gasteiger partial charge on any atom is 0.329 e. The van der Waals surface area contributed by atoms with Crippen LogP contribution < -0.4 is 20.1 Å². The molecule has 0 aromatic heterocycles.